The second-order valence-corrected chi connectivity index (χ2v) is 8.98. The lowest BCUT2D eigenvalue weighted by Crippen LogP contribution is -2.18. The summed E-state index contributed by atoms with van der Waals surface area (Å²) in [4.78, 5) is 0.309. The molecule has 116 valence electrons. The Balaban J connectivity index is 1.84. The van der Waals surface area contributed by atoms with Crippen molar-refractivity contribution in [2.75, 3.05) is 0 Å². The first-order valence-corrected chi connectivity index (χ1v) is 9.09. The zero-order chi connectivity index (χ0) is 15.9. The number of hydrogen-bond donors (Lipinski definition) is 0. The summed E-state index contributed by atoms with van der Waals surface area (Å²) in [6.07, 6.45) is 0.818. The highest BCUT2D eigenvalue weighted by Crippen LogP contribution is 2.70. The molecule has 0 saturated heterocycles. The summed E-state index contributed by atoms with van der Waals surface area (Å²) in [5.41, 5.74) is 4.27. The summed E-state index contributed by atoms with van der Waals surface area (Å²) in [5, 5.41) is 4.37. The maximum atomic E-state index is 12.9. The minimum absolute atomic E-state index is 0.291. The van der Waals surface area contributed by atoms with Crippen LogP contribution < -0.4 is 0 Å². The molecular weight excluding hydrogens is 296 g/mol. The molecule has 5 heteroatoms. The van der Waals surface area contributed by atoms with Crippen molar-refractivity contribution in [3.8, 4) is 0 Å². The van der Waals surface area contributed by atoms with Gasteiger partial charge in [-0.15, -0.1) is 0 Å². The maximum absolute atomic E-state index is 12.9. The Hall–Kier alpha value is -1.62. The van der Waals surface area contributed by atoms with Gasteiger partial charge in [-0.1, -0.05) is 31.5 Å². The van der Waals surface area contributed by atoms with Crippen molar-refractivity contribution in [1.82, 2.24) is 9.19 Å². The first-order valence-electron chi connectivity index (χ1n) is 7.65. The third kappa shape index (κ3) is 1.63. The normalized spacial score (nSPS) is 24.9. The van der Waals surface area contributed by atoms with Crippen molar-refractivity contribution in [2.45, 2.75) is 44.9 Å². The monoisotopic (exact) mass is 316 g/mol. The number of aromatic nitrogens is 2. The Kier molecular flexibility index (Phi) is 2.56. The van der Waals surface area contributed by atoms with E-state index in [0.717, 1.165) is 23.4 Å². The molecule has 2 unspecified atom stereocenters. The second kappa shape index (κ2) is 4.02. The van der Waals surface area contributed by atoms with Gasteiger partial charge in [0.05, 0.1) is 16.3 Å². The number of hydrogen-bond acceptors (Lipinski definition) is 3. The third-order valence-corrected chi connectivity index (χ3v) is 7.12. The lowest BCUT2D eigenvalue weighted by Gasteiger charge is -2.11. The molecule has 2 atom stereocenters. The summed E-state index contributed by atoms with van der Waals surface area (Å²) < 4.78 is 27.1. The molecule has 1 aromatic carbocycles. The van der Waals surface area contributed by atoms with Crippen molar-refractivity contribution in [3.63, 3.8) is 0 Å². The average Bonchev–Trinajstić information content (AvgIpc) is 2.82. The van der Waals surface area contributed by atoms with E-state index < -0.39 is 10.0 Å². The summed E-state index contributed by atoms with van der Waals surface area (Å²) in [6, 6.07) is 6.97. The highest BCUT2D eigenvalue weighted by molar-refractivity contribution is 7.89. The number of nitrogens with zero attached hydrogens (tertiary/aromatic N) is 2. The molecular formula is C17H20N2O2S. The van der Waals surface area contributed by atoms with Crippen molar-refractivity contribution in [2.24, 2.45) is 11.3 Å². The lowest BCUT2D eigenvalue weighted by molar-refractivity contribution is 0.530. The van der Waals surface area contributed by atoms with Crippen LogP contribution in [0.3, 0.4) is 0 Å². The van der Waals surface area contributed by atoms with Gasteiger partial charge in [-0.05, 0) is 49.7 Å². The number of fused-ring (bicyclic) bond motifs is 3. The van der Waals surface area contributed by atoms with Crippen LogP contribution in [-0.4, -0.2) is 17.6 Å². The minimum Gasteiger partial charge on any atom is -0.199 e. The molecule has 0 aliphatic heterocycles. The van der Waals surface area contributed by atoms with Crippen LogP contribution in [0.15, 0.2) is 29.2 Å². The van der Waals surface area contributed by atoms with Gasteiger partial charge < -0.3 is 0 Å². The van der Waals surface area contributed by atoms with Gasteiger partial charge in [0, 0.05) is 5.56 Å². The van der Waals surface area contributed by atoms with Crippen LogP contribution in [0.25, 0.3) is 0 Å². The fourth-order valence-electron chi connectivity index (χ4n) is 4.07. The molecule has 1 aromatic heterocycles. The van der Waals surface area contributed by atoms with Crippen LogP contribution in [0.1, 0.15) is 42.3 Å². The fraction of sp³-hybridized carbons (Fsp3) is 0.471. The van der Waals surface area contributed by atoms with E-state index in [1.165, 1.54) is 9.65 Å². The van der Waals surface area contributed by atoms with Crippen molar-refractivity contribution in [1.29, 1.82) is 0 Å². The molecule has 4 rings (SSSR count). The smallest absolute Gasteiger partial charge is 0.199 e. The molecule has 1 heterocycles. The zero-order valence-electron chi connectivity index (χ0n) is 13.3. The van der Waals surface area contributed by atoms with E-state index >= 15 is 0 Å². The van der Waals surface area contributed by atoms with Gasteiger partial charge in [0.2, 0.25) is 0 Å². The Morgan fingerprint density at radius 2 is 1.82 bits per heavy atom. The van der Waals surface area contributed by atoms with E-state index in [2.05, 4.69) is 18.9 Å². The van der Waals surface area contributed by atoms with Crippen LogP contribution in [0.5, 0.6) is 0 Å². The molecule has 4 nitrogen and oxygen atoms in total. The van der Waals surface area contributed by atoms with Gasteiger partial charge in [0.25, 0.3) is 10.0 Å². The maximum Gasteiger partial charge on any atom is 0.283 e. The molecule has 0 bridgehead atoms. The topological polar surface area (TPSA) is 52.0 Å². The predicted octanol–water partition coefficient (Wildman–Crippen LogP) is 3.03. The van der Waals surface area contributed by atoms with Crippen molar-refractivity contribution < 1.29 is 8.42 Å². The van der Waals surface area contributed by atoms with Gasteiger partial charge in [-0.25, -0.2) is 0 Å². The third-order valence-electron chi connectivity index (χ3n) is 5.49. The molecule has 1 fully saturated rings. The van der Waals surface area contributed by atoms with E-state index in [-0.39, 0.29) is 0 Å². The molecule has 0 amide bonds. The quantitative estimate of drug-likeness (QED) is 0.856. The van der Waals surface area contributed by atoms with E-state index in [0.29, 0.717) is 22.1 Å². The summed E-state index contributed by atoms with van der Waals surface area (Å²) >= 11 is 0. The van der Waals surface area contributed by atoms with Gasteiger partial charge in [0.1, 0.15) is 0 Å². The predicted molar refractivity (Wildman–Crippen MR) is 84.4 cm³/mol. The Bertz CT molecular complexity index is 876. The summed E-state index contributed by atoms with van der Waals surface area (Å²) in [5.74, 6) is 1.04. The van der Waals surface area contributed by atoms with Gasteiger partial charge >= 0.3 is 0 Å². The lowest BCUT2D eigenvalue weighted by atomic mass is 9.98. The Morgan fingerprint density at radius 1 is 1.18 bits per heavy atom. The first-order chi connectivity index (χ1) is 10.2. The molecule has 2 aliphatic rings. The van der Waals surface area contributed by atoms with Crippen LogP contribution in [0.2, 0.25) is 0 Å². The largest absolute Gasteiger partial charge is 0.283 e. The zero-order valence-corrected chi connectivity index (χ0v) is 14.1. The van der Waals surface area contributed by atoms with E-state index in [1.807, 2.05) is 26.0 Å². The second-order valence-electron chi connectivity index (χ2n) is 7.22. The minimum atomic E-state index is -3.59. The molecule has 2 aliphatic carbocycles. The standard InChI is InChI=1S/C17H20N2O2S/c1-10-5-7-12(8-6-10)22(20,21)19-14-9-13-16(17(13,3)4)15(14)11(2)18-19/h5-8,13,16H,9H2,1-4H3. The van der Waals surface area contributed by atoms with Gasteiger partial charge in [0.15, 0.2) is 0 Å². The summed E-state index contributed by atoms with van der Waals surface area (Å²) in [6.45, 7) is 8.39. The van der Waals surface area contributed by atoms with E-state index in [1.54, 1.807) is 12.1 Å². The molecule has 0 radical (unpaired) electrons. The average molecular weight is 316 g/mol. The van der Waals surface area contributed by atoms with Crippen LogP contribution in [0.4, 0.5) is 0 Å². The Morgan fingerprint density at radius 3 is 2.45 bits per heavy atom. The molecule has 2 aromatic rings. The first kappa shape index (κ1) is 14.0. The molecule has 1 saturated carbocycles. The number of rotatable bonds is 2. The van der Waals surface area contributed by atoms with Gasteiger partial charge in [-0.3, -0.25) is 0 Å². The highest BCUT2D eigenvalue weighted by Gasteiger charge is 2.64. The number of aryl methyl sites for hydroxylation is 2. The summed E-state index contributed by atoms with van der Waals surface area (Å²) in [7, 11) is -3.59. The molecule has 0 N–H and O–H groups in total. The number of benzene rings is 1. The van der Waals surface area contributed by atoms with E-state index in [9.17, 15) is 8.42 Å². The van der Waals surface area contributed by atoms with Crippen LogP contribution >= 0.6 is 0 Å². The van der Waals surface area contributed by atoms with Crippen LogP contribution in [0, 0.1) is 25.2 Å². The van der Waals surface area contributed by atoms with Crippen molar-refractivity contribution in [3.05, 3.63) is 46.8 Å². The van der Waals surface area contributed by atoms with Crippen molar-refractivity contribution >= 4 is 10.0 Å². The SMILES string of the molecule is Cc1ccc(S(=O)(=O)n2nc(C)c3c2CC2C3C2(C)C)cc1. The molecule has 0 spiro atoms. The van der Waals surface area contributed by atoms with E-state index in [4.69, 9.17) is 0 Å². The van der Waals surface area contributed by atoms with Gasteiger partial charge in [-0.2, -0.15) is 17.6 Å². The highest BCUT2D eigenvalue weighted by atomic mass is 32.2. The molecule has 22 heavy (non-hydrogen) atoms. The fourth-order valence-corrected chi connectivity index (χ4v) is 5.44. The van der Waals surface area contributed by atoms with Crippen LogP contribution in [-0.2, 0) is 16.4 Å². The Labute approximate surface area is 131 Å².